The first-order valence-corrected chi connectivity index (χ1v) is 5.69. The Hall–Kier alpha value is -1.29. The lowest BCUT2D eigenvalue weighted by Crippen LogP contribution is -2.40. The Labute approximate surface area is 95.0 Å². The van der Waals surface area contributed by atoms with Gasteiger partial charge in [-0.2, -0.15) is 0 Å². The fourth-order valence-corrected chi connectivity index (χ4v) is 2.02. The van der Waals surface area contributed by atoms with Gasteiger partial charge in [-0.15, -0.1) is 0 Å². The first-order valence-electron chi connectivity index (χ1n) is 5.69. The van der Waals surface area contributed by atoms with E-state index in [1.807, 2.05) is 6.92 Å². The quantitative estimate of drug-likeness (QED) is 0.850. The molecule has 1 amide bonds. The summed E-state index contributed by atoms with van der Waals surface area (Å²) in [5.74, 6) is 0.746. The van der Waals surface area contributed by atoms with Crippen LogP contribution in [0.5, 0.6) is 0 Å². The van der Waals surface area contributed by atoms with Crippen LogP contribution in [0.15, 0.2) is 22.8 Å². The van der Waals surface area contributed by atoms with E-state index >= 15 is 0 Å². The molecule has 4 nitrogen and oxygen atoms in total. The standard InChI is InChI=1S/C12H17NO3/c1-9(10-4-7-15-8-5-10)13-12(14)11-3-2-6-16-11/h2-3,6,9-10H,4-5,7-8H2,1H3,(H,13,14). The number of ether oxygens (including phenoxy) is 1. The average Bonchev–Trinajstić information content (AvgIpc) is 2.83. The van der Waals surface area contributed by atoms with Gasteiger partial charge >= 0.3 is 0 Å². The van der Waals surface area contributed by atoms with Crippen LogP contribution in [0.4, 0.5) is 0 Å². The van der Waals surface area contributed by atoms with Crippen molar-refractivity contribution < 1.29 is 13.9 Å². The van der Waals surface area contributed by atoms with Crippen LogP contribution in [0.3, 0.4) is 0 Å². The number of rotatable bonds is 3. The molecule has 4 heteroatoms. The van der Waals surface area contributed by atoms with E-state index in [1.54, 1.807) is 12.1 Å². The number of hydrogen-bond donors (Lipinski definition) is 1. The summed E-state index contributed by atoms with van der Waals surface area (Å²) in [6.07, 6.45) is 3.53. The number of amides is 1. The van der Waals surface area contributed by atoms with Crippen molar-refractivity contribution in [3.05, 3.63) is 24.2 Å². The average molecular weight is 223 g/mol. The summed E-state index contributed by atoms with van der Waals surface area (Å²) < 4.78 is 10.3. The molecule has 0 radical (unpaired) electrons. The summed E-state index contributed by atoms with van der Waals surface area (Å²) >= 11 is 0. The number of carbonyl (C=O) groups excluding carboxylic acids is 1. The van der Waals surface area contributed by atoms with Crippen molar-refractivity contribution in [2.45, 2.75) is 25.8 Å². The largest absolute Gasteiger partial charge is 0.459 e. The molecule has 1 fully saturated rings. The summed E-state index contributed by atoms with van der Waals surface area (Å²) in [5.41, 5.74) is 0. The van der Waals surface area contributed by atoms with Crippen LogP contribution in [0, 0.1) is 5.92 Å². The number of nitrogens with one attached hydrogen (secondary N) is 1. The van der Waals surface area contributed by atoms with Crippen molar-refractivity contribution in [1.29, 1.82) is 0 Å². The van der Waals surface area contributed by atoms with Gasteiger partial charge in [0.1, 0.15) is 0 Å². The second-order valence-electron chi connectivity index (χ2n) is 4.19. The minimum absolute atomic E-state index is 0.135. The van der Waals surface area contributed by atoms with Gasteiger partial charge in [0.15, 0.2) is 5.76 Å². The molecule has 0 saturated carbocycles. The lowest BCUT2D eigenvalue weighted by Gasteiger charge is -2.28. The van der Waals surface area contributed by atoms with Crippen LogP contribution in [0.1, 0.15) is 30.3 Å². The molecule has 16 heavy (non-hydrogen) atoms. The summed E-state index contributed by atoms with van der Waals surface area (Å²) in [5, 5.41) is 2.96. The Morgan fingerprint density at radius 3 is 2.88 bits per heavy atom. The predicted molar refractivity (Wildman–Crippen MR) is 59.2 cm³/mol. The maximum absolute atomic E-state index is 11.7. The van der Waals surface area contributed by atoms with Gasteiger partial charge < -0.3 is 14.5 Å². The lowest BCUT2D eigenvalue weighted by molar-refractivity contribution is 0.0534. The molecule has 2 rings (SSSR count). The van der Waals surface area contributed by atoms with Gasteiger partial charge in [-0.25, -0.2) is 0 Å². The van der Waals surface area contributed by atoms with Crippen LogP contribution < -0.4 is 5.32 Å². The minimum atomic E-state index is -0.135. The second-order valence-corrected chi connectivity index (χ2v) is 4.19. The molecular weight excluding hydrogens is 206 g/mol. The first-order chi connectivity index (χ1) is 7.77. The number of hydrogen-bond acceptors (Lipinski definition) is 3. The molecule has 1 saturated heterocycles. The van der Waals surface area contributed by atoms with Gasteiger partial charge in [0.2, 0.25) is 0 Å². The van der Waals surface area contributed by atoms with E-state index in [2.05, 4.69) is 5.32 Å². The Kier molecular flexibility index (Phi) is 3.62. The van der Waals surface area contributed by atoms with Crippen molar-refractivity contribution in [3.63, 3.8) is 0 Å². The van der Waals surface area contributed by atoms with Crippen molar-refractivity contribution in [2.75, 3.05) is 13.2 Å². The third-order valence-corrected chi connectivity index (χ3v) is 3.08. The molecule has 1 aromatic rings. The number of carbonyl (C=O) groups is 1. The SMILES string of the molecule is CC(NC(=O)c1ccco1)C1CCOCC1. The van der Waals surface area contributed by atoms with Crippen molar-refractivity contribution in [3.8, 4) is 0 Å². The monoisotopic (exact) mass is 223 g/mol. The van der Waals surface area contributed by atoms with Crippen molar-refractivity contribution >= 4 is 5.91 Å². The molecule has 0 spiro atoms. The molecular formula is C12H17NO3. The zero-order valence-corrected chi connectivity index (χ0v) is 9.44. The molecule has 1 aromatic heterocycles. The van der Waals surface area contributed by atoms with Crippen molar-refractivity contribution in [2.24, 2.45) is 5.92 Å². The van der Waals surface area contributed by atoms with Crippen LogP contribution in [-0.4, -0.2) is 25.2 Å². The third-order valence-electron chi connectivity index (χ3n) is 3.08. The molecule has 1 N–H and O–H groups in total. The zero-order chi connectivity index (χ0) is 11.4. The van der Waals surface area contributed by atoms with E-state index in [0.29, 0.717) is 11.7 Å². The Morgan fingerprint density at radius 1 is 1.50 bits per heavy atom. The molecule has 88 valence electrons. The maximum Gasteiger partial charge on any atom is 0.287 e. The Morgan fingerprint density at radius 2 is 2.25 bits per heavy atom. The van der Waals surface area contributed by atoms with Gasteiger partial charge in [0.25, 0.3) is 5.91 Å². The number of furan rings is 1. The molecule has 1 aliphatic rings. The molecule has 2 heterocycles. The van der Waals surface area contributed by atoms with Crippen LogP contribution in [0.2, 0.25) is 0 Å². The Balaban J connectivity index is 1.86. The normalized spacial score (nSPS) is 19.3. The molecule has 0 bridgehead atoms. The maximum atomic E-state index is 11.7. The topological polar surface area (TPSA) is 51.5 Å². The van der Waals surface area contributed by atoms with Gasteiger partial charge in [0.05, 0.1) is 6.26 Å². The summed E-state index contributed by atoms with van der Waals surface area (Å²) in [6.45, 7) is 3.63. The highest BCUT2D eigenvalue weighted by Gasteiger charge is 2.22. The Bertz CT molecular complexity index is 328. The van der Waals surface area contributed by atoms with Gasteiger partial charge in [-0.3, -0.25) is 4.79 Å². The van der Waals surface area contributed by atoms with E-state index in [-0.39, 0.29) is 11.9 Å². The predicted octanol–water partition coefficient (Wildman–Crippen LogP) is 1.82. The molecule has 1 unspecified atom stereocenters. The van der Waals surface area contributed by atoms with E-state index in [9.17, 15) is 4.79 Å². The fraction of sp³-hybridized carbons (Fsp3) is 0.583. The van der Waals surface area contributed by atoms with Crippen molar-refractivity contribution in [1.82, 2.24) is 5.32 Å². The molecule has 1 atom stereocenters. The highest BCUT2D eigenvalue weighted by atomic mass is 16.5. The van der Waals surface area contributed by atoms with Gasteiger partial charge in [-0.05, 0) is 37.8 Å². The van der Waals surface area contributed by atoms with Crippen LogP contribution >= 0.6 is 0 Å². The second kappa shape index (κ2) is 5.16. The first kappa shape index (κ1) is 11.2. The third kappa shape index (κ3) is 2.64. The highest BCUT2D eigenvalue weighted by molar-refractivity contribution is 5.91. The minimum Gasteiger partial charge on any atom is -0.459 e. The van der Waals surface area contributed by atoms with Gasteiger partial charge in [0, 0.05) is 19.3 Å². The molecule has 0 aliphatic carbocycles. The lowest BCUT2D eigenvalue weighted by atomic mass is 9.93. The fourth-order valence-electron chi connectivity index (χ4n) is 2.02. The smallest absolute Gasteiger partial charge is 0.287 e. The van der Waals surface area contributed by atoms with E-state index in [0.717, 1.165) is 26.1 Å². The highest BCUT2D eigenvalue weighted by Crippen LogP contribution is 2.18. The summed E-state index contributed by atoms with van der Waals surface area (Å²) in [6, 6.07) is 3.56. The van der Waals surface area contributed by atoms with E-state index < -0.39 is 0 Å². The zero-order valence-electron chi connectivity index (χ0n) is 9.44. The summed E-state index contributed by atoms with van der Waals surface area (Å²) in [7, 11) is 0. The van der Waals surface area contributed by atoms with E-state index in [4.69, 9.17) is 9.15 Å². The van der Waals surface area contributed by atoms with Crippen LogP contribution in [0.25, 0.3) is 0 Å². The van der Waals surface area contributed by atoms with Crippen LogP contribution in [-0.2, 0) is 4.74 Å². The molecule has 0 aromatic carbocycles. The summed E-state index contributed by atoms with van der Waals surface area (Å²) in [4.78, 5) is 11.7. The van der Waals surface area contributed by atoms with Gasteiger partial charge in [-0.1, -0.05) is 0 Å². The molecule has 1 aliphatic heterocycles. The van der Waals surface area contributed by atoms with E-state index in [1.165, 1.54) is 6.26 Å².